The van der Waals surface area contributed by atoms with Crippen molar-refractivity contribution in [3.63, 3.8) is 0 Å². The Labute approximate surface area is 111 Å². The van der Waals surface area contributed by atoms with E-state index >= 15 is 0 Å². The normalized spacial score (nSPS) is 14.0. The third kappa shape index (κ3) is 3.86. The van der Waals surface area contributed by atoms with Crippen LogP contribution in [0.1, 0.15) is 46.1 Å². The van der Waals surface area contributed by atoms with Gasteiger partial charge in [0, 0.05) is 18.5 Å². The highest BCUT2D eigenvalue weighted by Gasteiger charge is 2.22. The van der Waals surface area contributed by atoms with Crippen LogP contribution < -0.4 is 0 Å². The number of hydrogen-bond donors (Lipinski definition) is 0. The van der Waals surface area contributed by atoms with Crippen LogP contribution in [0.3, 0.4) is 0 Å². The summed E-state index contributed by atoms with van der Waals surface area (Å²) in [6.45, 7) is 9.07. The summed E-state index contributed by atoms with van der Waals surface area (Å²) in [5.41, 5.74) is 1.20. The smallest absolute Gasteiger partial charge is 0.225 e. The van der Waals surface area contributed by atoms with Crippen molar-refractivity contribution < 1.29 is 4.79 Å². The minimum Gasteiger partial charge on any atom is -0.335 e. The van der Waals surface area contributed by atoms with Crippen molar-refractivity contribution in [1.82, 2.24) is 4.90 Å². The molecule has 0 spiro atoms. The Kier molecular flexibility index (Phi) is 5.90. The number of rotatable bonds is 6. The van der Waals surface area contributed by atoms with Crippen LogP contribution in [0.2, 0.25) is 0 Å². The predicted molar refractivity (Wildman–Crippen MR) is 76.2 cm³/mol. The molecule has 0 aliphatic rings. The first-order valence-electron chi connectivity index (χ1n) is 6.94. The molecule has 1 aromatic carbocycles. The van der Waals surface area contributed by atoms with Crippen LogP contribution in [0.5, 0.6) is 0 Å². The van der Waals surface area contributed by atoms with Gasteiger partial charge in [-0.2, -0.15) is 0 Å². The number of hydrogen-bond acceptors (Lipinski definition) is 1. The highest BCUT2D eigenvalue weighted by atomic mass is 16.2. The Morgan fingerprint density at radius 3 is 2.22 bits per heavy atom. The lowest BCUT2D eigenvalue weighted by atomic mass is 10.0. The molecular weight excluding hydrogens is 222 g/mol. The molecule has 0 bridgehead atoms. The van der Waals surface area contributed by atoms with Gasteiger partial charge in [-0.3, -0.25) is 4.79 Å². The minimum atomic E-state index is 0.114. The summed E-state index contributed by atoms with van der Waals surface area (Å²) in [5, 5.41) is 0. The van der Waals surface area contributed by atoms with E-state index in [4.69, 9.17) is 0 Å². The lowest BCUT2D eigenvalue weighted by Gasteiger charge is -2.31. The molecule has 0 aliphatic heterocycles. The van der Waals surface area contributed by atoms with Crippen LogP contribution >= 0.6 is 0 Å². The highest BCUT2D eigenvalue weighted by molar-refractivity contribution is 5.78. The van der Waals surface area contributed by atoms with Gasteiger partial charge in [-0.1, -0.05) is 51.1 Å². The van der Waals surface area contributed by atoms with Crippen LogP contribution in [0.25, 0.3) is 0 Å². The molecule has 100 valence electrons. The first kappa shape index (κ1) is 14.7. The maximum atomic E-state index is 12.4. The Morgan fingerprint density at radius 2 is 1.72 bits per heavy atom. The second-order valence-electron chi connectivity index (χ2n) is 5.02. The monoisotopic (exact) mass is 247 g/mol. The molecule has 1 aromatic rings. The minimum absolute atomic E-state index is 0.114. The summed E-state index contributed by atoms with van der Waals surface area (Å²) in [4.78, 5) is 14.4. The van der Waals surface area contributed by atoms with Gasteiger partial charge in [-0.25, -0.2) is 0 Å². The van der Waals surface area contributed by atoms with Crippen LogP contribution in [0.15, 0.2) is 30.3 Å². The van der Waals surface area contributed by atoms with Gasteiger partial charge in [0.2, 0.25) is 5.91 Å². The zero-order valence-corrected chi connectivity index (χ0v) is 12.0. The Bertz CT molecular complexity index is 361. The maximum absolute atomic E-state index is 12.4. The van der Waals surface area contributed by atoms with Gasteiger partial charge < -0.3 is 4.90 Å². The van der Waals surface area contributed by atoms with E-state index in [-0.39, 0.29) is 11.8 Å². The van der Waals surface area contributed by atoms with Crippen molar-refractivity contribution in [2.24, 2.45) is 5.92 Å². The van der Waals surface area contributed by atoms with Gasteiger partial charge in [-0.05, 0) is 25.3 Å². The van der Waals surface area contributed by atoms with Gasteiger partial charge in [0.15, 0.2) is 0 Å². The Morgan fingerprint density at radius 1 is 1.11 bits per heavy atom. The van der Waals surface area contributed by atoms with Crippen molar-refractivity contribution in [3.05, 3.63) is 35.9 Å². The third-order valence-electron chi connectivity index (χ3n) is 3.64. The topological polar surface area (TPSA) is 20.3 Å². The first-order valence-corrected chi connectivity index (χ1v) is 6.94. The number of carbonyl (C=O) groups excluding carboxylic acids is 1. The molecule has 1 rings (SSSR count). The van der Waals surface area contributed by atoms with Crippen LogP contribution in [-0.4, -0.2) is 16.8 Å². The molecule has 18 heavy (non-hydrogen) atoms. The van der Waals surface area contributed by atoms with Crippen LogP contribution in [0.4, 0.5) is 0 Å². The molecule has 0 aromatic heterocycles. The molecular formula is C16H25NO. The average Bonchev–Trinajstić information content (AvgIpc) is 2.43. The van der Waals surface area contributed by atoms with Gasteiger partial charge in [0.05, 0.1) is 0 Å². The van der Waals surface area contributed by atoms with Gasteiger partial charge in [0.1, 0.15) is 0 Å². The van der Waals surface area contributed by atoms with Gasteiger partial charge in [-0.15, -0.1) is 0 Å². The molecule has 0 N–H and O–H groups in total. The maximum Gasteiger partial charge on any atom is 0.225 e. The number of carbonyl (C=O) groups is 1. The number of benzene rings is 1. The average molecular weight is 247 g/mol. The Balaban J connectivity index is 2.82. The number of nitrogens with zero attached hydrogens (tertiary/aromatic N) is 1. The molecule has 0 heterocycles. The molecule has 0 saturated heterocycles. The summed E-state index contributed by atoms with van der Waals surface area (Å²) in [5.74, 6) is 0.387. The largest absolute Gasteiger partial charge is 0.335 e. The Hall–Kier alpha value is -1.31. The molecule has 1 amide bonds. The van der Waals surface area contributed by atoms with Crippen molar-refractivity contribution in [3.8, 4) is 0 Å². The van der Waals surface area contributed by atoms with Crippen molar-refractivity contribution in [2.45, 2.75) is 53.1 Å². The van der Waals surface area contributed by atoms with E-state index in [9.17, 15) is 4.79 Å². The van der Waals surface area contributed by atoms with E-state index in [0.717, 1.165) is 19.4 Å². The lowest BCUT2D eigenvalue weighted by molar-refractivity contribution is -0.138. The van der Waals surface area contributed by atoms with Crippen molar-refractivity contribution in [2.75, 3.05) is 0 Å². The lowest BCUT2D eigenvalue weighted by Crippen LogP contribution is -2.40. The fourth-order valence-electron chi connectivity index (χ4n) is 1.91. The molecule has 0 saturated carbocycles. The molecule has 0 aliphatic carbocycles. The quantitative estimate of drug-likeness (QED) is 0.747. The number of amides is 1. The summed E-state index contributed by atoms with van der Waals surface area (Å²) in [6, 6.07) is 10.5. The van der Waals surface area contributed by atoms with Crippen LogP contribution in [-0.2, 0) is 11.3 Å². The van der Waals surface area contributed by atoms with Gasteiger partial charge >= 0.3 is 0 Å². The van der Waals surface area contributed by atoms with Crippen LogP contribution in [0, 0.1) is 5.92 Å². The SMILES string of the molecule is CCC(C)C(=O)N(Cc1ccccc1)C(C)CC. The first-order chi connectivity index (χ1) is 8.60. The van der Waals surface area contributed by atoms with E-state index in [1.165, 1.54) is 5.56 Å². The highest BCUT2D eigenvalue weighted by Crippen LogP contribution is 2.16. The standard InChI is InChI=1S/C16H25NO/c1-5-13(3)16(18)17(14(4)6-2)12-15-10-8-7-9-11-15/h7-11,13-14H,5-6,12H2,1-4H3. The second-order valence-corrected chi connectivity index (χ2v) is 5.02. The zero-order valence-electron chi connectivity index (χ0n) is 12.0. The van der Waals surface area contributed by atoms with E-state index in [1.54, 1.807) is 0 Å². The summed E-state index contributed by atoms with van der Waals surface area (Å²) >= 11 is 0. The van der Waals surface area contributed by atoms with Crippen molar-refractivity contribution >= 4 is 5.91 Å². The summed E-state index contributed by atoms with van der Waals surface area (Å²) in [6.07, 6.45) is 1.90. The molecule has 2 heteroatoms. The van der Waals surface area contributed by atoms with E-state index < -0.39 is 0 Å². The summed E-state index contributed by atoms with van der Waals surface area (Å²) < 4.78 is 0. The predicted octanol–water partition coefficient (Wildman–Crippen LogP) is 3.86. The molecule has 2 unspecified atom stereocenters. The fourth-order valence-corrected chi connectivity index (χ4v) is 1.91. The molecule has 0 fully saturated rings. The van der Waals surface area contributed by atoms with E-state index in [2.05, 4.69) is 32.9 Å². The zero-order chi connectivity index (χ0) is 13.5. The van der Waals surface area contributed by atoms with Gasteiger partial charge in [0.25, 0.3) is 0 Å². The summed E-state index contributed by atoms with van der Waals surface area (Å²) in [7, 11) is 0. The molecule has 2 atom stereocenters. The molecule has 0 radical (unpaired) electrons. The fraction of sp³-hybridized carbons (Fsp3) is 0.562. The molecule has 2 nitrogen and oxygen atoms in total. The third-order valence-corrected chi connectivity index (χ3v) is 3.64. The van der Waals surface area contributed by atoms with Crippen molar-refractivity contribution in [1.29, 1.82) is 0 Å². The van der Waals surface area contributed by atoms with E-state index in [1.807, 2.05) is 30.0 Å². The van der Waals surface area contributed by atoms with E-state index in [0.29, 0.717) is 6.04 Å². The second kappa shape index (κ2) is 7.20.